The Balaban J connectivity index is 2.07. The molecular weight excluding hydrogens is 256 g/mol. The third-order valence-corrected chi connectivity index (χ3v) is 6.57. The smallest absolute Gasteiger partial charge is 0.309 e. The first-order valence-electron chi connectivity index (χ1n) is 7.69. The highest BCUT2D eigenvalue weighted by Crippen LogP contribution is 2.62. The minimum atomic E-state index is -0.864. The molecule has 20 heavy (non-hydrogen) atoms. The Morgan fingerprint density at radius 2 is 1.90 bits per heavy atom. The summed E-state index contributed by atoms with van der Waals surface area (Å²) in [5, 5.41) is 10.1. The molecule has 0 aromatic rings. The molecule has 2 aliphatic carbocycles. The van der Waals surface area contributed by atoms with Gasteiger partial charge < -0.3 is 9.84 Å². The van der Waals surface area contributed by atoms with Crippen LogP contribution < -0.4 is 0 Å². The number of rotatable bonds is 0. The van der Waals surface area contributed by atoms with E-state index in [0.717, 1.165) is 19.3 Å². The second kappa shape index (κ2) is 4.30. The topological polar surface area (TPSA) is 63.6 Å². The summed E-state index contributed by atoms with van der Waals surface area (Å²) in [4.78, 5) is 24.8. The van der Waals surface area contributed by atoms with Crippen molar-refractivity contribution in [2.45, 2.75) is 52.6 Å². The van der Waals surface area contributed by atoms with Crippen LogP contribution in [0.1, 0.15) is 46.5 Å². The van der Waals surface area contributed by atoms with E-state index in [0.29, 0.717) is 18.9 Å². The summed E-state index contributed by atoms with van der Waals surface area (Å²) in [5.74, 6) is -0.305. The highest BCUT2D eigenvalue weighted by atomic mass is 16.5. The largest absolute Gasteiger partial charge is 0.465 e. The van der Waals surface area contributed by atoms with Crippen LogP contribution in [0.3, 0.4) is 0 Å². The highest BCUT2D eigenvalue weighted by molar-refractivity contribution is 5.89. The van der Waals surface area contributed by atoms with Gasteiger partial charge in [-0.05, 0) is 42.4 Å². The van der Waals surface area contributed by atoms with Gasteiger partial charge in [-0.15, -0.1) is 0 Å². The molecule has 0 amide bonds. The van der Waals surface area contributed by atoms with Crippen LogP contribution in [-0.4, -0.2) is 29.6 Å². The number of hydrogen-bond acceptors (Lipinski definition) is 4. The first kappa shape index (κ1) is 14.1. The van der Waals surface area contributed by atoms with E-state index in [2.05, 4.69) is 20.8 Å². The van der Waals surface area contributed by atoms with E-state index >= 15 is 0 Å². The zero-order valence-corrected chi connectivity index (χ0v) is 12.5. The Labute approximate surface area is 119 Å². The lowest BCUT2D eigenvalue weighted by Gasteiger charge is -2.60. The van der Waals surface area contributed by atoms with Crippen molar-refractivity contribution in [3.05, 3.63) is 0 Å². The Morgan fingerprint density at radius 1 is 1.20 bits per heavy atom. The molecule has 0 radical (unpaired) electrons. The van der Waals surface area contributed by atoms with E-state index in [9.17, 15) is 14.7 Å². The third-order valence-electron chi connectivity index (χ3n) is 6.57. The summed E-state index contributed by atoms with van der Waals surface area (Å²) in [5.41, 5.74) is -0.450. The minimum Gasteiger partial charge on any atom is -0.465 e. The van der Waals surface area contributed by atoms with Gasteiger partial charge in [-0.2, -0.15) is 0 Å². The van der Waals surface area contributed by atoms with E-state index < -0.39 is 6.10 Å². The molecule has 3 rings (SSSR count). The summed E-state index contributed by atoms with van der Waals surface area (Å²) in [6.45, 7) is 6.76. The molecule has 112 valence electrons. The highest BCUT2D eigenvalue weighted by Gasteiger charge is 2.63. The lowest BCUT2D eigenvalue weighted by Crippen LogP contribution is -2.62. The Hall–Kier alpha value is -0.900. The van der Waals surface area contributed by atoms with Gasteiger partial charge in [0.15, 0.2) is 5.78 Å². The molecule has 2 unspecified atom stereocenters. The third kappa shape index (κ3) is 1.63. The lowest BCUT2D eigenvalue weighted by atomic mass is 9.44. The van der Waals surface area contributed by atoms with Crippen molar-refractivity contribution in [1.29, 1.82) is 0 Å². The van der Waals surface area contributed by atoms with Gasteiger partial charge in [0.1, 0.15) is 6.10 Å². The molecule has 6 atom stereocenters. The number of fused-ring (bicyclic) bond motifs is 3. The molecule has 0 bridgehead atoms. The standard InChI is InChI=1S/C16H24O4/c1-9-8-11(17)12(18)13-15(9,2)5-4-10-14(19)20-7-6-16(10,13)3/h9-11,13,17H,4-8H2,1-3H3/t9-,10?,11?,13+,15+,16+/m1/s1. The van der Waals surface area contributed by atoms with Gasteiger partial charge >= 0.3 is 5.97 Å². The van der Waals surface area contributed by atoms with Crippen molar-refractivity contribution in [3.8, 4) is 0 Å². The molecular formula is C16H24O4. The summed E-state index contributed by atoms with van der Waals surface area (Å²) < 4.78 is 5.20. The molecule has 2 saturated carbocycles. The van der Waals surface area contributed by atoms with Gasteiger partial charge in [-0.25, -0.2) is 0 Å². The molecule has 3 aliphatic rings. The van der Waals surface area contributed by atoms with Crippen molar-refractivity contribution in [2.75, 3.05) is 6.61 Å². The molecule has 1 N–H and O–H groups in total. The number of esters is 1. The fourth-order valence-electron chi connectivity index (χ4n) is 5.16. The molecule has 4 nitrogen and oxygen atoms in total. The quantitative estimate of drug-likeness (QED) is 0.689. The zero-order valence-electron chi connectivity index (χ0n) is 12.5. The van der Waals surface area contributed by atoms with Crippen LogP contribution >= 0.6 is 0 Å². The number of aliphatic hydroxyl groups excluding tert-OH is 1. The maximum atomic E-state index is 12.7. The van der Waals surface area contributed by atoms with Crippen molar-refractivity contribution in [1.82, 2.24) is 0 Å². The molecule has 3 fully saturated rings. The van der Waals surface area contributed by atoms with E-state index in [1.807, 2.05) is 0 Å². The molecule has 1 heterocycles. The van der Waals surface area contributed by atoms with Crippen LogP contribution in [0.15, 0.2) is 0 Å². The summed E-state index contributed by atoms with van der Waals surface area (Å²) in [7, 11) is 0. The average molecular weight is 280 g/mol. The van der Waals surface area contributed by atoms with Crippen LogP contribution in [-0.2, 0) is 14.3 Å². The number of hydrogen-bond donors (Lipinski definition) is 1. The van der Waals surface area contributed by atoms with Crippen LogP contribution in [0.2, 0.25) is 0 Å². The fourth-order valence-corrected chi connectivity index (χ4v) is 5.16. The number of carbonyl (C=O) groups excluding carboxylic acids is 2. The monoisotopic (exact) mass is 280 g/mol. The van der Waals surface area contributed by atoms with Crippen molar-refractivity contribution in [2.24, 2.45) is 28.6 Å². The first-order valence-corrected chi connectivity index (χ1v) is 7.69. The first-order chi connectivity index (χ1) is 9.30. The van der Waals surface area contributed by atoms with Gasteiger partial charge in [0.2, 0.25) is 0 Å². The van der Waals surface area contributed by atoms with Gasteiger partial charge in [0, 0.05) is 5.92 Å². The van der Waals surface area contributed by atoms with E-state index in [-0.39, 0.29) is 34.4 Å². The predicted molar refractivity (Wildman–Crippen MR) is 72.8 cm³/mol. The zero-order chi connectivity index (χ0) is 14.7. The lowest BCUT2D eigenvalue weighted by molar-refractivity contribution is -0.194. The molecule has 0 spiro atoms. The van der Waals surface area contributed by atoms with E-state index in [1.54, 1.807) is 0 Å². The second-order valence-electron chi connectivity index (χ2n) is 7.51. The van der Waals surface area contributed by atoms with Crippen LogP contribution in [0, 0.1) is 28.6 Å². The minimum absolute atomic E-state index is 0.0486. The summed E-state index contributed by atoms with van der Waals surface area (Å²) in [6, 6.07) is 0. The average Bonchev–Trinajstić information content (AvgIpc) is 2.36. The van der Waals surface area contributed by atoms with E-state index in [4.69, 9.17) is 4.74 Å². The molecule has 1 aliphatic heterocycles. The van der Waals surface area contributed by atoms with Gasteiger partial charge in [-0.3, -0.25) is 9.59 Å². The summed E-state index contributed by atoms with van der Waals surface area (Å²) in [6.07, 6.45) is 2.09. The Morgan fingerprint density at radius 3 is 2.60 bits per heavy atom. The SMILES string of the molecule is C[C@@H]1CC(O)C(=O)[C@H]2[C@@]1(C)CCC1C(=O)OCC[C@@]12C. The number of ketones is 1. The number of Topliss-reactive ketones (excluding diaryl/α,β-unsaturated/α-hetero) is 1. The van der Waals surface area contributed by atoms with Crippen LogP contribution in [0.5, 0.6) is 0 Å². The second-order valence-corrected chi connectivity index (χ2v) is 7.51. The molecule has 0 aromatic heterocycles. The maximum Gasteiger partial charge on any atom is 0.309 e. The van der Waals surface area contributed by atoms with E-state index in [1.165, 1.54) is 0 Å². The number of aliphatic hydroxyl groups is 1. The Bertz CT molecular complexity index is 459. The number of cyclic esters (lactones) is 1. The van der Waals surface area contributed by atoms with Crippen molar-refractivity contribution in [3.63, 3.8) is 0 Å². The van der Waals surface area contributed by atoms with Crippen LogP contribution in [0.4, 0.5) is 0 Å². The van der Waals surface area contributed by atoms with Crippen LogP contribution in [0.25, 0.3) is 0 Å². The van der Waals surface area contributed by atoms with Crippen molar-refractivity contribution >= 4 is 11.8 Å². The van der Waals surface area contributed by atoms with Gasteiger partial charge in [0.25, 0.3) is 0 Å². The molecule has 1 saturated heterocycles. The molecule has 4 heteroatoms. The summed E-state index contributed by atoms with van der Waals surface area (Å²) >= 11 is 0. The maximum absolute atomic E-state index is 12.7. The van der Waals surface area contributed by atoms with Crippen molar-refractivity contribution < 1.29 is 19.4 Å². The fraction of sp³-hybridized carbons (Fsp3) is 0.875. The van der Waals surface area contributed by atoms with Gasteiger partial charge in [0.05, 0.1) is 12.5 Å². The Kier molecular flexibility index (Phi) is 3.02. The number of ether oxygens (including phenoxy) is 1. The predicted octanol–water partition coefficient (Wildman–Crippen LogP) is 1.94. The normalized spacial score (nSPS) is 52.0. The number of carbonyl (C=O) groups is 2. The van der Waals surface area contributed by atoms with Gasteiger partial charge in [-0.1, -0.05) is 20.8 Å². The molecule has 0 aromatic carbocycles.